The Kier molecular flexibility index (Phi) is 18.0. The Morgan fingerprint density at radius 3 is 1.11 bits per heavy atom. The van der Waals surface area contributed by atoms with E-state index in [9.17, 15) is 0 Å². The van der Waals surface area contributed by atoms with E-state index in [-0.39, 0.29) is 5.41 Å². The highest BCUT2D eigenvalue weighted by Gasteiger charge is 2.35. The quantitative estimate of drug-likeness (QED) is 0.0984. The molecule has 1 aliphatic carbocycles. The number of benzene rings is 16. The van der Waals surface area contributed by atoms with Gasteiger partial charge in [0.2, 0.25) is 0 Å². The smallest absolute Gasteiger partial charge is 0.0562 e. The number of aromatic nitrogens is 3. The zero-order valence-corrected chi connectivity index (χ0v) is 59.0. The molecule has 16 aromatic carbocycles. The number of hydrogen-bond acceptors (Lipinski definition) is 4. The lowest BCUT2D eigenvalue weighted by Gasteiger charge is -2.22. The fourth-order valence-electron chi connectivity index (χ4n) is 15.2. The van der Waals surface area contributed by atoms with E-state index in [0.29, 0.717) is 0 Å². The molecule has 3 aromatic heterocycles. The van der Waals surface area contributed by atoms with Crippen molar-refractivity contribution in [3.63, 3.8) is 0 Å². The first-order valence-electron chi connectivity index (χ1n) is 36.2. The van der Waals surface area contributed by atoms with Crippen LogP contribution in [0.1, 0.15) is 25.0 Å². The molecular formula is C99H77N7. The first kappa shape index (κ1) is 65.4. The van der Waals surface area contributed by atoms with Gasteiger partial charge in [-0.2, -0.15) is 0 Å². The molecule has 4 N–H and O–H groups in total. The van der Waals surface area contributed by atoms with Gasteiger partial charge < -0.3 is 35.0 Å². The van der Waals surface area contributed by atoms with Gasteiger partial charge in [0.05, 0.1) is 33.1 Å². The lowest BCUT2D eigenvalue weighted by atomic mass is 9.82. The van der Waals surface area contributed by atoms with Crippen molar-refractivity contribution in [2.24, 2.45) is 0 Å². The van der Waals surface area contributed by atoms with Gasteiger partial charge in [-0.25, -0.2) is 0 Å². The molecule has 19 aromatic rings. The summed E-state index contributed by atoms with van der Waals surface area (Å²) in [6, 6.07) is 143. The monoisotopic (exact) mass is 1360 g/mol. The SMILES string of the molecule is CC1(C)c2ccccc2-c2ccc(Nc3ccccc3)cc21.c1ccc(Nc2cccc(-c3ccc4c5ccccc5n(-c5ccccc5)c4c3)c2)cc1.c1ccc(Nc2cccc(-n3c4ccccc4c4ccccc43)c2)cc1.c1ccc(Nc2cccc3c2c2ccccc2n3-c2ccccc2)cc1. The Labute approximate surface area is 618 Å². The van der Waals surface area contributed by atoms with E-state index >= 15 is 0 Å². The van der Waals surface area contributed by atoms with Crippen LogP contribution in [0, 0.1) is 0 Å². The predicted octanol–water partition coefficient (Wildman–Crippen LogP) is 27.0. The summed E-state index contributed by atoms with van der Waals surface area (Å²) in [5.74, 6) is 0. The third kappa shape index (κ3) is 13.2. The Morgan fingerprint density at radius 1 is 0.208 bits per heavy atom. The number of anilines is 8. The summed E-state index contributed by atoms with van der Waals surface area (Å²) < 4.78 is 7.03. The molecule has 0 fully saturated rings. The van der Waals surface area contributed by atoms with Crippen molar-refractivity contribution in [1.29, 1.82) is 0 Å². The molecule has 0 saturated heterocycles. The van der Waals surface area contributed by atoms with Gasteiger partial charge in [-0.15, -0.1) is 0 Å². The number of para-hydroxylation sites is 10. The Morgan fingerprint density at radius 2 is 0.566 bits per heavy atom. The number of nitrogens with zero attached hydrogens (tertiary/aromatic N) is 3. The molecule has 7 heteroatoms. The predicted molar refractivity (Wildman–Crippen MR) is 451 cm³/mol. The van der Waals surface area contributed by atoms with Crippen molar-refractivity contribution in [3.05, 3.63) is 418 Å². The van der Waals surface area contributed by atoms with E-state index in [1.54, 1.807) is 0 Å². The van der Waals surface area contributed by atoms with Crippen LogP contribution < -0.4 is 21.3 Å². The summed E-state index contributed by atoms with van der Waals surface area (Å²) >= 11 is 0. The standard InChI is InChI=1S/C30H22N2.2C24H18N2.C21H19N/c1-3-11-24(12-4-1)31-25-13-9-10-22(20-25)23-18-19-28-27-16-7-8-17-29(27)32(30(28)21-23)26-14-5-2-6-15-26;1-3-10-18(11-4-1)25-21-15-9-17-23-24(21)20-14-7-8-16-22(20)26(23)19-12-5-2-6-13-19;1-2-9-18(10-3-1)25-19-11-8-12-20(17-19)26-23-15-6-4-13-21(23)22-14-5-7-16-24(22)26;1-21(2)19-11-7-6-10-17(19)18-13-12-16(14-20(18)21)22-15-8-4-3-5-9-15/h1-21,31H;2*1-17,25H;3-14,22H,1-2H3. The van der Waals surface area contributed by atoms with Gasteiger partial charge in [0.15, 0.2) is 0 Å². The Bertz CT molecular complexity index is 6230. The van der Waals surface area contributed by atoms with Crippen LogP contribution in [0.2, 0.25) is 0 Å². The van der Waals surface area contributed by atoms with Crippen molar-refractivity contribution < 1.29 is 0 Å². The molecule has 0 bridgehead atoms. The average molecular weight is 1360 g/mol. The fourth-order valence-corrected chi connectivity index (χ4v) is 15.2. The van der Waals surface area contributed by atoms with E-state index in [1.165, 1.54) is 110 Å². The van der Waals surface area contributed by atoms with Crippen LogP contribution in [0.15, 0.2) is 406 Å². The molecule has 0 unspecified atom stereocenters. The van der Waals surface area contributed by atoms with Gasteiger partial charge in [0.1, 0.15) is 0 Å². The second-order valence-electron chi connectivity index (χ2n) is 27.2. The molecule has 0 saturated carbocycles. The maximum absolute atomic E-state index is 3.59. The van der Waals surface area contributed by atoms with Crippen molar-refractivity contribution >= 4 is 111 Å². The zero-order valence-electron chi connectivity index (χ0n) is 59.0. The molecule has 3 heterocycles. The fraction of sp³-hybridized carbons (Fsp3) is 0.0303. The number of hydrogen-bond donors (Lipinski definition) is 4. The molecule has 0 spiro atoms. The second-order valence-corrected chi connectivity index (χ2v) is 27.2. The van der Waals surface area contributed by atoms with Gasteiger partial charge in [-0.05, 0) is 191 Å². The van der Waals surface area contributed by atoms with Gasteiger partial charge in [-0.1, -0.05) is 263 Å². The van der Waals surface area contributed by atoms with Crippen LogP contribution in [-0.2, 0) is 5.41 Å². The first-order valence-corrected chi connectivity index (χ1v) is 36.2. The third-order valence-corrected chi connectivity index (χ3v) is 20.1. The summed E-state index contributed by atoms with van der Waals surface area (Å²) in [5.41, 5.74) is 27.7. The normalized spacial score (nSPS) is 11.8. The van der Waals surface area contributed by atoms with E-state index in [0.717, 1.165) is 51.2 Å². The number of fused-ring (bicyclic) bond motifs is 12. The highest BCUT2D eigenvalue weighted by molar-refractivity contribution is 6.16. The summed E-state index contributed by atoms with van der Waals surface area (Å²) in [6.45, 7) is 4.62. The minimum Gasteiger partial charge on any atom is -0.356 e. The van der Waals surface area contributed by atoms with Gasteiger partial charge in [-0.3, -0.25) is 0 Å². The van der Waals surface area contributed by atoms with E-state index in [2.05, 4.69) is 407 Å². The highest BCUT2D eigenvalue weighted by Crippen LogP contribution is 2.50. The Hall–Kier alpha value is -13.9. The van der Waals surface area contributed by atoms with Gasteiger partial charge in [0, 0.05) is 100 Å². The minimum absolute atomic E-state index is 0.0559. The molecule has 0 aliphatic heterocycles. The largest absolute Gasteiger partial charge is 0.356 e. The van der Waals surface area contributed by atoms with Crippen LogP contribution >= 0.6 is 0 Å². The lowest BCUT2D eigenvalue weighted by Crippen LogP contribution is -2.15. The summed E-state index contributed by atoms with van der Waals surface area (Å²) in [6.07, 6.45) is 0. The van der Waals surface area contributed by atoms with Crippen LogP contribution in [0.5, 0.6) is 0 Å². The summed E-state index contributed by atoms with van der Waals surface area (Å²) in [7, 11) is 0. The molecule has 0 radical (unpaired) electrons. The summed E-state index contributed by atoms with van der Waals surface area (Å²) in [4.78, 5) is 0. The second kappa shape index (κ2) is 29.2. The first-order chi connectivity index (χ1) is 52.3. The van der Waals surface area contributed by atoms with Crippen LogP contribution in [-0.4, -0.2) is 13.7 Å². The van der Waals surface area contributed by atoms with E-state index < -0.39 is 0 Å². The van der Waals surface area contributed by atoms with E-state index in [4.69, 9.17) is 0 Å². The minimum atomic E-state index is 0.0559. The van der Waals surface area contributed by atoms with Crippen molar-refractivity contribution in [2.75, 3.05) is 21.3 Å². The molecule has 0 amide bonds. The molecule has 106 heavy (non-hydrogen) atoms. The van der Waals surface area contributed by atoms with Crippen LogP contribution in [0.3, 0.4) is 0 Å². The van der Waals surface area contributed by atoms with Gasteiger partial charge >= 0.3 is 0 Å². The lowest BCUT2D eigenvalue weighted by molar-refractivity contribution is 0.660. The summed E-state index contributed by atoms with van der Waals surface area (Å²) in [5, 5.41) is 21.7. The van der Waals surface area contributed by atoms with Crippen LogP contribution in [0.25, 0.3) is 105 Å². The van der Waals surface area contributed by atoms with Crippen LogP contribution in [0.4, 0.5) is 45.5 Å². The molecule has 1 aliphatic rings. The number of nitrogens with one attached hydrogen (secondary N) is 4. The Balaban J connectivity index is 0.000000105. The van der Waals surface area contributed by atoms with Crippen molar-refractivity contribution in [2.45, 2.75) is 19.3 Å². The van der Waals surface area contributed by atoms with Crippen molar-refractivity contribution in [3.8, 4) is 39.3 Å². The van der Waals surface area contributed by atoms with Crippen molar-refractivity contribution in [1.82, 2.24) is 13.7 Å². The third-order valence-electron chi connectivity index (χ3n) is 20.1. The van der Waals surface area contributed by atoms with Gasteiger partial charge in [0.25, 0.3) is 0 Å². The molecule has 508 valence electrons. The average Bonchev–Trinajstić information content (AvgIpc) is 1.61. The zero-order chi connectivity index (χ0) is 71.2. The maximum atomic E-state index is 3.59. The highest BCUT2D eigenvalue weighted by atomic mass is 15.0. The molecule has 0 atom stereocenters. The maximum Gasteiger partial charge on any atom is 0.0562 e. The van der Waals surface area contributed by atoms with E-state index in [1.807, 2.05) is 48.5 Å². The number of rotatable bonds is 12. The molecular weight excluding hydrogens is 1290 g/mol. The molecule has 7 nitrogen and oxygen atoms in total. The molecule has 20 rings (SSSR count). The topological polar surface area (TPSA) is 62.9 Å².